The van der Waals surface area contributed by atoms with E-state index in [-0.39, 0.29) is 5.75 Å². The predicted molar refractivity (Wildman–Crippen MR) is 73.8 cm³/mol. The molecule has 5 heteroatoms. The molecule has 0 radical (unpaired) electrons. The summed E-state index contributed by atoms with van der Waals surface area (Å²) in [4.78, 5) is 0. The van der Waals surface area contributed by atoms with E-state index in [1.807, 2.05) is 12.1 Å². The molecular weight excluding hydrogens is 242 g/mol. The first-order valence-electron chi connectivity index (χ1n) is 5.79. The fourth-order valence-corrected chi connectivity index (χ4v) is 2.12. The average molecular weight is 255 g/mol. The summed E-state index contributed by atoms with van der Waals surface area (Å²) >= 11 is 0. The second-order valence-corrected chi connectivity index (χ2v) is 4.16. The Bertz CT molecular complexity index is 686. The van der Waals surface area contributed by atoms with Crippen LogP contribution >= 0.6 is 0 Å². The normalized spacial score (nSPS) is 13.5. The summed E-state index contributed by atoms with van der Waals surface area (Å²) in [6, 6.07) is 6.99. The Morgan fingerprint density at radius 2 is 2.21 bits per heavy atom. The molecule has 2 heterocycles. The molecule has 0 bridgehead atoms. The third kappa shape index (κ3) is 1.76. The molecule has 1 aromatic heterocycles. The fourth-order valence-electron chi connectivity index (χ4n) is 2.12. The van der Waals surface area contributed by atoms with Gasteiger partial charge in [0.2, 0.25) is 0 Å². The summed E-state index contributed by atoms with van der Waals surface area (Å²) in [5.74, 6) is 1.55. The van der Waals surface area contributed by atoms with E-state index in [0.29, 0.717) is 11.3 Å². The maximum absolute atomic E-state index is 10.0. The van der Waals surface area contributed by atoms with E-state index in [0.717, 1.165) is 17.2 Å². The highest BCUT2D eigenvalue weighted by Crippen LogP contribution is 2.37. The zero-order valence-electron chi connectivity index (χ0n) is 10.4. The van der Waals surface area contributed by atoms with Crippen molar-refractivity contribution in [2.45, 2.75) is 0 Å². The number of hydrogen-bond acceptors (Lipinski definition) is 4. The van der Waals surface area contributed by atoms with Crippen LogP contribution < -0.4 is 10.1 Å². The van der Waals surface area contributed by atoms with Crippen molar-refractivity contribution in [1.82, 2.24) is 9.78 Å². The quantitative estimate of drug-likeness (QED) is 0.865. The number of phenolic OH excluding ortho intramolecular Hbond substituents is 1. The molecule has 0 spiro atoms. The SMILES string of the molecule is C=C1C=C(c2c(O)cccc2OC)Nc2ccnn21. The molecule has 0 atom stereocenters. The Kier molecular flexibility index (Phi) is 2.52. The van der Waals surface area contributed by atoms with Gasteiger partial charge in [-0.1, -0.05) is 12.6 Å². The van der Waals surface area contributed by atoms with Crippen molar-refractivity contribution in [3.05, 3.63) is 48.7 Å². The molecule has 2 N–H and O–H groups in total. The van der Waals surface area contributed by atoms with E-state index in [1.54, 1.807) is 36.2 Å². The van der Waals surface area contributed by atoms with Crippen molar-refractivity contribution < 1.29 is 9.84 Å². The minimum atomic E-state index is 0.152. The van der Waals surface area contributed by atoms with Gasteiger partial charge in [-0.05, 0) is 18.2 Å². The number of rotatable bonds is 2. The van der Waals surface area contributed by atoms with E-state index < -0.39 is 0 Å². The van der Waals surface area contributed by atoms with E-state index in [1.165, 1.54) is 0 Å². The number of anilines is 1. The Morgan fingerprint density at radius 1 is 1.37 bits per heavy atom. The maximum Gasteiger partial charge on any atom is 0.134 e. The van der Waals surface area contributed by atoms with Crippen molar-refractivity contribution >= 4 is 17.2 Å². The molecule has 0 amide bonds. The Morgan fingerprint density at radius 3 is 3.00 bits per heavy atom. The lowest BCUT2D eigenvalue weighted by atomic mass is 10.1. The van der Waals surface area contributed by atoms with Gasteiger partial charge in [0.05, 0.1) is 30.3 Å². The van der Waals surface area contributed by atoms with Gasteiger partial charge in [-0.25, -0.2) is 4.68 Å². The van der Waals surface area contributed by atoms with Crippen molar-refractivity contribution in [2.75, 3.05) is 12.4 Å². The molecule has 0 saturated carbocycles. The first-order valence-corrected chi connectivity index (χ1v) is 5.79. The minimum absolute atomic E-state index is 0.152. The fraction of sp³-hybridized carbons (Fsp3) is 0.0714. The van der Waals surface area contributed by atoms with Crippen LogP contribution in [0, 0.1) is 0 Å². The summed E-state index contributed by atoms with van der Waals surface area (Å²) in [6.45, 7) is 3.95. The third-order valence-corrected chi connectivity index (χ3v) is 2.98. The number of nitrogens with zero attached hydrogens (tertiary/aromatic N) is 2. The highest BCUT2D eigenvalue weighted by Gasteiger charge is 2.19. The number of nitrogens with one attached hydrogen (secondary N) is 1. The number of fused-ring (bicyclic) bond motifs is 1. The summed E-state index contributed by atoms with van der Waals surface area (Å²) < 4.78 is 6.98. The van der Waals surface area contributed by atoms with Crippen LogP contribution in [-0.4, -0.2) is 22.0 Å². The highest BCUT2D eigenvalue weighted by atomic mass is 16.5. The number of hydrogen-bond donors (Lipinski definition) is 2. The van der Waals surface area contributed by atoms with Gasteiger partial charge in [0, 0.05) is 6.07 Å². The second-order valence-electron chi connectivity index (χ2n) is 4.16. The molecule has 1 aliphatic rings. The van der Waals surface area contributed by atoms with Gasteiger partial charge >= 0.3 is 0 Å². The topological polar surface area (TPSA) is 59.3 Å². The lowest BCUT2D eigenvalue weighted by molar-refractivity contribution is 0.405. The van der Waals surface area contributed by atoms with E-state index >= 15 is 0 Å². The van der Waals surface area contributed by atoms with Crippen LogP contribution in [0.3, 0.4) is 0 Å². The number of methoxy groups -OCH3 is 1. The smallest absolute Gasteiger partial charge is 0.134 e. The Labute approximate surface area is 110 Å². The molecule has 5 nitrogen and oxygen atoms in total. The number of phenols is 1. The zero-order valence-corrected chi connectivity index (χ0v) is 10.4. The largest absolute Gasteiger partial charge is 0.507 e. The van der Waals surface area contributed by atoms with Gasteiger partial charge in [-0.2, -0.15) is 5.10 Å². The van der Waals surface area contributed by atoms with Crippen molar-refractivity contribution in [2.24, 2.45) is 0 Å². The molecule has 2 aromatic rings. The zero-order chi connectivity index (χ0) is 13.4. The molecule has 19 heavy (non-hydrogen) atoms. The van der Waals surface area contributed by atoms with Gasteiger partial charge in [0.15, 0.2) is 0 Å². The van der Waals surface area contributed by atoms with Gasteiger partial charge in [-0.15, -0.1) is 0 Å². The van der Waals surface area contributed by atoms with Crippen LogP contribution in [0.15, 0.2) is 43.1 Å². The standard InChI is InChI=1S/C14H13N3O2/c1-9-8-10(16-13-6-7-15-17(9)13)14-11(18)4-3-5-12(14)19-2/h3-8,16,18H,1H2,2H3. The molecule has 0 unspecified atom stereocenters. The maximum atomic E-state index is 10.0. The number of benzene rings is 1. The predicted octanol–water partition coefficient (Wildman–Crippen LogP) is 2.53. The molecule has 0 aliphatic carbocycles. The molecule has 0 fully saturated rings. The van der Waals surface area contributed by atoms with Crippen LogP contribution in [0.4, 0.5) is 5.82 Å². The average Bonchev–Trinajstić information content (AvgIpc) is 2.87. The van der Waals surface area contributed by atoms with Crippen LogP contribution in [0.1, 0.15) is 5.56 Å². The third-order valence-electron chi connectivity index (χ3n) is 2.98. The van der Waals surface area contributed by atoms with Gasteiger partial charge in [0.1, 0.15) is 17.3 Å². The summed E-state index contributed by atoms with van der Waals surface area (Å²) in [7, 11) is 1.57. The molecule has 1 aliphatic heterocycles. The summed E-state index contributed by atoms with van der Waals surface area (Å²) in [6.07, 6.45) is 3.50. The highest BCUT2D eigenvalue weighted by molar-refractivity contribution is 5.90. The van der Waals surface area contributed by atoms with Gasteiger partial charge in [0.25, 0.3) is 0 Å². The number of aromatic nitrogens is 2. The molecule has 96 valence electrons. The van der Waals surface area contributed by atoms with Crippen LogP contribution in [-0.2, 0) is 0 Å². The Balaban J connectivity index is 2.12. The number of ether oxygens (including phenoxy) is 1. The van der Waals surface area contributed by atoms with Crippen molar-refractivity contribution in [1.29, 1.82) is 0 Å². The molecular formula is C14H13N3O2. The number of allylic oxidation sites excluding steroid dienone is 2. The van der Waals surface area contributed by atoms with Crippen molar-refractivity contribution in [3.63, 3.8) is 0 Å². The van der Waals surface area contributed by atoms with Crippen LogP contribution in [0.25, 0.3) is 11.4 Å². The van der Waals surface area contributed by atoms with E-state index in [2.05, 4.69) is 17.0 Å². The van der Waals surface area contributed by atoms with Gasteiger partial charge in [-0.3, -0.25) is 0 Å². The Hall–Kier alpha value is -2.69. The van der Waals surface area contributed by atoms with Gasteiger partial charge < -0.3 is 15.2 Å². The monoisotopic (exact) mass is 255 g/mol. The summed E-state index contributed by atoms with van der Waals surface area (Å²) in [5.41, 5.74) is 2.06. The lowest BCUT2D eigenvalue weighted by Crippen LogP contribution is -2.12. The van der Waals surface area contributed by atoms with Crippen molar-refractivity contribution in [3.8, 4) is 11.5 Å². The molecule has 0 saturated heterocycles. The minimum Gasteiger partial charge on any atom is -0.507 e. The van der Waals surface area contributed by atoms with Crippen LogP contribution in [0.5, 0.6) is 11.5 Å². The van der Waals surface area contributed by atoms with E-state index in [4.69, 9.17) is 4.74 Å². The van der Waals surface area contributed by atoms with E-state index in [9.17, 15) is 5.11 Å². The summed E-state index contributed by atoms with van der Waals surface area (Å²) in [5, 5.41) is 17.4. The molecule has 1 aromatic carbocycles. The second kappa shape index (κ2) is 4.20. The number of aromatic hydroxyl groups is 1. The first-order chi connectivity index (χ1) is 9.20. The molecule has 3 rings (SSSR count). The van der Waals surface area contributed by atoms with Crippen LogP contribution in [0.2, 0.25) is 0 Å². The lowest BCUT2D eigenvalue weighted by Gasteiger charge is -2.21. The first kappa shape index (κ1) is 11.4.